The Hall–Kier alpha value is 0.0300. The van der Waals surface area contributed by atoms with Gasteiger partial charge in [0, 0.05) is 19.1 Å². The van der Waals surface area contributed by atoms with Crippen LogP contribution >= 0.6 is 0 Å². The van der Waals surface area contributed by atoms with Crippen molar-refractivity contribution in [1.82, 2.24) is 4.90 Å². The third kappa shape index (κ3) is 3.72. The number of nitrogens with zero attached hydrogens (tertiary/aromatic N) is 1. The summed E-state index contributed by atoms with van der Waals surface area (Å²) in [5.74, 6) is 0.344. The summed E-state index contributed by atoms with van der Waals surface area (Å²) >= 11 is -1.67. The van der Waals surface area contributed by atoms with E-state index in [2.05, 4.69) is 4.90 Å². The Balaban J connectivity index is 2.31. The fourth-order valence-electron chi connectivity index (χ4n) is 1.82. The molecule has 1 fully saturated rings. The van der Waals surface area contributed by atoms with Crippen LogP contribution in [0.15, 0.2) is 0 Å². The molecule has 1 rings (SSSR count). The first-order valence-electron chi connectivity index (χ1n) is 4.75. The maximum atomic E-state index is 10.5. The lowest BCUT2D eigenvalue weighted by atomic mass is 10.0. The first-order valence-corrected chi connectivity index (χ1v) is 6.03. The fraction of sp³-hybridized carbons (Fsp3) is 1.00. The normalized spacial score (nSPS) is 27.4. The van der Waals surface area contributed by atoms with Gasteiger partial charge in [-0.1, -0.05) is 6.42 Å². The van der Waals surface area contributed by atoms with E-state index in [-0.39, 0.29) is 0 Å². The Labute approximate surface area is 81.8 Å². The quantitative estimate of drug-likeness (QED) is 0.636. The van der Waals surface area contributed by atoms with Crippen LogP contribution in [0.1, 0.15) is 19.3 Å². The SMILES string of the molecule is NCC1CCCCN1CCS(=O)O. The van der Waals surface area contributed by atoms with Gasteiger partial charge < -0.3 is 10.3 Å². The van der Waals surface area contributed by atoms with Gasteiger partial charge in [-0.2, -0.15) is 0 Å². The molecular weight excluding hydrogens is 188 g/mol. The summed E-state index contributed by atoms with van der Waals surface area (Å²) in [6, 6.07) is 0.428. The third-order valence-corrected chi connectivity index (χ3v) is 3.11. The largest absolute Gasteiger partial charge is 0.329 e. The Morgan fingerprint density at radius 2 is 2.31 bits per heavy atom. The summed E-state index contributed by atoms with van der Waals surface area (Å²) in [5, 5.41) is 0. The van der Waals surface area contributed by atoms with Crippen molar-refractivity contribution in [3.05, 3.63) is 0 Å². The predicted octanol–water partition coefficient (Wildman–Crippen LogP) is 0.0213. The van der Waals surface area contributed by atoms with Crippen LogP contribution in [0.2, 0.25) is 0 Å². The second-order valence-corrected chi connectivity index (χ2v) is 4.50. The van der Waals surface area contributed by atoms with Crippen LogP contribution in [-0.2, 0) is 11.1 Å². The van der Waals surface area contributed by atoms with Gasteiger partial charge in [-0.25, -0.2) is 4.21 Å². The molecule has 0 aliphatic carbocycles. The van der Waals surface area contributed by atoms with E-state index in [9.17, 15) is 4.21 Å². The summed E-state index contributed by atoms with van der Waals surface area (Å²) in [6.45, 7) is 2.39. The summed E-state index contributed by atoms with van der Waals surface area (Å²) in [7, 11) is 0. The van der Waals surface area contributed by atoms with Crippen molar-refractivity contribution in [2.24, 2.45) is 5.73 Å². The van der Waals surface area contributed by atoms with Crippen molar-refractivity contribution >= 4 is 11.1 Å². The molecule has 0 aromatic heterocycles. The van der Waals surface area contributed by atoms with Crippen LogP contribution < -0.4 is 5.73 Å². The van der Waals surface area contributed by atoms with Gasteiger partial charge in [0.15, 0.2) is 11.1 Å². The number of hydrogen-bond donors (Lipinski definition) is 2. The lowest BCUT2D eigenvalue weighted by Crippen LogP contribution is -2.45. The summed E-state index contributed by atoms with van der Waals surface area (Å²) in [4.78, 5) is 2.23. The molecule has 0 radical (unpaired) electrons. The highest BCUT2D eigenvalue weighted by molar-refractivity contribution is 7.79. The first kappa shape index (κ1) is 11.1. The zero-order valence-corrected chi connectivity index (χ0v) is 8.63. The van der Waals surface area contributed by atoms with E-state index >= 15 is 0 Å². The molecular formula is C8H18N2O2S. The zero-order valence-electron chi connectivity index (χ0n) is 7.82. The molecule has 0 aromatic carbocycles. The standard InChI is InChI=1S/C8H18N2O2S/c9-7-8-3-1-2-4-10(8)5-6-13(11)12/h8H,1-7,9H2,(H,11,12). The summed E-state index contributed by atoms with van der Waals surface area (Å²) < 4.78 is 19.1. The Morgan fingerprint density at radius 1 is 1.54 bits per heavy atom. The fourth-order valence-corrected chi connectivity index (χ4v) is 2.21. The number of piperidine rings is 1. The molecule has 0 saturated carbocycles. The maximum absolute atomic E-state index is 10.5. The minimum absolute atomic E-state index is 0.344. The van der Waals surface area contributed by atoms with Gasteiger partial charge in [0.25, 0.3) is 0 Å². The summed E-state index contributed by atoms with van der Waals surface area (Å²) in [5.41, 5.74) is 5.62. The predicted molar refractivity (Wildman–Crippen MR) is 53.9 cm³/mol. The molecule has 1 heterocycles. The molecule has 1 saturated heterocycles. The zero-order chi connectivity index (χ0) is 9.68. The van der Waals surface area contributed by atoms with Gasteiger partial charge in [-0.05, 0) is 19.4 Å². The molecule has 4 nitrogen and oxygen atoms in total. The van der Waals surface area contributed by atoms with Crippen LogP contribution in [0, 0.1) is 0 Å². The summed E-state index contributed by atoms with van der Waals surface area (Å²) in [6.07, 6.45) is 3.56. The second-order valence-electron chi connectivity index (χ2n) is 3.45. The van der Waals surface area contributed by atoms with Crippen LogP contribution in [0.25, 0.3) is 0 Å². The van der Waals surface area contributed by atoms with Gasteiger partial charge in [0.05, 0.1) is 5.75 Å². The Kier molecular flexibility index (Phi) is 4.87. The average Bonchev–Trinajstić information content (AvgIpc) is 2.15. The van der Waals surface area contributed by atoms with Crippen LogP contribution in [0.5, 0.6) is 0 Å². The van der Waals surface area contributed by atoms with Crippen molar-refractivity contribution in [2.75, 3.05) is 25.4 Å². The smallest absolute Gasteiger partial charge is 0.154 e. The van der Waals surface area contributed by atoms with Gasteiger partial charge >= 0.3 is 0 Å². The number of hydrogen-bond acceptors (Lipinski definition) is 3. The Morgan fingerprint density at radius 3 is 2.92 bits per heavy atom. The monoisotopic (exact) mass is 206 g/mol. The number of nitrogens with two attached hydrogens (primary N) is 1. The molecule has 0 spiro atoms. The van der Waals surface area contributed by atoms with Crippen LogP contribution in [0.4, 0.5) is 0 Å². The van der Waals surface area contributed by atoms with Crippen molar-refractivity contribution in [3.8, 4) is 0 Å². The highest BCUT2D eigenvalue weighted by atomic mass is 32.2. The molecule has 5 heteroatoms. The molecule has 0 aromatic rings. The second kappa shape index (κ2) is 5.70. The number of rotatable bonds is 4. The molecule has 0 bridgehead atoms. The molecule has 13 heavy (non-hydrogen) atoms. The van der Waals surface area contributed by atoms with E-state index in [4.69, 9.17) is 10.3 Å². The van der Waals surface area contributed by atoms with E-state index < -0.39 is 11.1 Å². The lowest BCUT2D eigenvalue weighted by molar-refractivity contribution is 0.162. The van der Waals surface area contributed by atoms with E-state index in [1.165, 1.54) is 12.8 Å². The molecule has 3 N–H and O–H groups in total. The third-order valence-electron chi connectivity index (χ3n) is 2.57. The van der Waals surface area contributed by atoms with E-state index in [0.29, 0.717) is 24.9 Å². The minimum Gasteiger partial charge on any atom is -0.329 e. The molecule has 2 unspecified atom stereocenters. The molecule has 2 atom stereocenters. The highest BCUT2D eigenvalue weighted by Crippen LogP contribution is 2.15. The highest BCUT2D eigenvalue weighted by Gasteiger charge is 2.20. The minimum atomic E-state index is -1.67. The maximum Gasteiger partial charge on any atom is 0.154 e. The molecule has 1 aliphatic rings. The van der Waals surface area contributed by atoms with Gasteiger partial charge in [0.2, 0.25) is 0 Å². The molecule has 78 valence electrons. The van der Waals surface area contributed by atoms with Gasteiger partial charge in [-0.3, -0.25) is 4.90 Å². The van der Waals surface area contributed by atoms with E-state index in [0.717, 1.165) is 13.0 Å². The van der Waals surface area contributed by atoms with Gasteiger partial charge in [-0.15, -0.1) is 0 Å². The first-order chi connectivity index (χ1) is 6.24. The van der Waals surface area contributed by atoms with Crippen LogP contribution in [0.3, 0.4) is 0 Å². The van der Waals surface area contributed by atoms with Crippen molar-refractivity contribution in [3.63, 3.8) is 0 Å². The molecule has 0 amide bonds. The van der Waals surface area contributed by atoms with E-state index in [1.807, 2.05) is 0 Å². The van der Waals surface area contributed by atoms with Crippen molar-refractivity contribution in [2.45, 2.75) is 25.3 Å². The number of likely N-dealkylation sites (tertiary alicyclic amines) is 1. The van der Waals surface area contributed by atoms with Crippen molar-refractivity contribution < 1.29 is 8.76 Å². The van der Waals surface area contributed by atoms with Crippen LogP contribution in [-0.4, -0.2) is 45.1 Å². The van der Waals surface area contributed by atoms with Crippen molar-refractivity contribution in [1.29, 1.82) is 0 Å². The van der Waals surface area contributed by atoms with E-state index in [1.54, 1.807) is 0 Å². The average molecular weight is 206 g/mol. The van der Waals surface area contributed by atoms with Gasteiger partial charge in [0.1, 0.15) is 0 Å². The Bertz CT molecular complexity index is 178. The topological polar surface area (TPSA) is 66.6 Å². The molecule has 1 aliphatic heterocycles. The lowest BCUT2D eigenvalue weighted by Gasteiger charge is -2.34.